The smallest absolute Gasteiger partial charge is 0.228 e. The lowest BCUT2D eigenvalue weighted by atomic mass is 10.00. The van der Waals surface area contributed by atoms with Crippen LogP contribution in [0.1, 0.15) is 42.0 Å². The first-order chi connectivity index (χ1) is 11.4. The summed E-state index contributed by atoms with van der Waals surface area (Å²) in [6, 6.07) is 12.1. The molecule has 3 nitrogen and oxygen atoms in total. The maximum atomic E-state index is 12.4. The molecule has 3 heteroatoms. The highest BCUT2D eigenvalue weighted by molar-refractivity contribution is 5.95. The van der Waals surface area contributed by atoms with Crippen LogP contribution in [0.3, 0.4) is 0 Å². The van der Waals surface area contributed by atoms with E-state index in [1.54, 1.807) is 6.26 Å². The predicted molar refractivity (Wildman–Crippen MR) is 98.6 cm³/mol. The average molecular weight is 321 g/mol. The third kappa shape index (κ3) is 3.35. The van der Waals surface area contributed by atoms with E-state index in [1.165, 1.54) is 16.7 Å². The summed E-state index contributed by atoms with van der Waals surface area (Å²) in [5.74, 6) is 0.414. The molecule has 0 atom stereocenters. The molecule has 0 spiro atoms. The summed E-state index contributed by atoms with van der Waals surface area (Å²) < 4.78 is 5.59. The molecule has 1 aromatic heterocycles. The fourth-order valence-electron chi connectivity index (χ4n) is 2.79. The molecule has 0 fully saturated rings. The number of hydrogen-bond acceptors (Lipinski definition) is 2. The van der Waals surface area contributed by atoms with Crippen LogP contribution in [0, 0.1) is 13.8 Å². The van der Waals surface area contributed by atoms with Gasteiger partial charge < -0.3 is 9.73 Å². The van der Waals surface area contributed by atoms with E-state index in [4.69, 9.17) is 4.42 Å². The Morgan fingerprint density at radius 3 is 2.58 bits per heavy atom. The molecule has 0 aliphatic carbocycles. The number of rotatable bonds is 4. The zero-order valence-corrected chi connectivity index (χ0v) is 14.6. The second kappa shape index (κ2) is 6.52. The van der Waals surface area contributed by atoms with Crippen LogP contribution in [0.15, 0.2) is 47.1 Å². The van der Waals surface area contributed by atoms with Crippen molar-refractivity contribution in [2.45, 2.75) is 40.0 Å². The minimum Gasteiger partial charge on any atom is -0.464 e. The predicted octanol–water partition coefficient (Wildman–Crippen LogP) is 5.35. The molecule has 1 amide bonds. The number of furan rings is 1. The van der Waals surface area contributed by atoms with Gasteiger partial charge in [-0.3, -0.25) is 4.79 Å². The van der Waals surface area contributed by atoms with Gasteiger partial charge in [-0.25, -0.2) is 0 Å². The standard InChI is InChI=1S/C21H23NO2/c1-13(2)16-6-8-20-19(10-16)17(12-24-20)11-21(23)22-18-7-5-14(3)15(4)9-18/h5-10,12-13H,11H2,1-4H3,(H,22,23). The molecule has 3 rings (SSSR count). The number of amides is 1. The van der Waals surface area contributed by atoms with Crippen LogP contribution < -0.4 is 5.32 Å². The normalized spacial score (nSPS) is 11.2. The van der Waals surface area contributed by atoms with Crippen LogP contribution in [0.4, 0.5) is 5.69 Å². The third-order valence-corrected chi connectivity index (χ3v) is 4.49. The maximum Gasteiger partial charge on any atom is 0.228 e. The van der Waals surface area contributed by atoms with E-state index < -0.39 is 0 Å². The van der Waals surface area contributed by atoms with Gasteiger partial charge in [-0.15, -0.1) is 0 Å². The van der Waals surface area contributed by atoms with Gasteiger partial charge in [0.2, 0.25) is 5.91 Å². The Hall–Kier alpha value is -2.55. The number of carbonyl (C=O) groups excluding carboxylic acids is 1. The van der Waals surface area contributed by atoms with Gasteiger partial charge in [0, 0.05) is 16.6 Å². The van der Waals surface area contributed by atoms with Gasteiger partial charge in [0.15, 0.2) is 0 Å². The lowest BCUT2D eigenvalue weighted by molar-refractivity contribution is -0.115. The van der Waals surface area contributed by atoms with E-state index in [0.29, 0.717) is 12.3 Å². The highest BCUT2D eigenvalue weighted by atomic mass is 16.3. The van der Waals surface area contributed by atoms with E-state index in [1.807, 2.05) is 31.2 Å². The van der Waals surface area contributed by atoms with Crippen LogP contribution >= 0.6 is 0 Å². The van der Waals surface area contributed by atoms with Crippen molar-refractivity contribution in [2.75, 3.05) is 5.32 Å². The first kappa shape index (κ1) is 16.3. The number of aryl methyl sites for hydroxylation is 2. The Morgan fingerprint density at radius 2 is 1.88 bits per heavy atom. The topological polar surface area (TPSA) is 42.2 Å². The zero-order valence-electron chi connectivity index (χ0n) is 14.6. The molecule has 24 heavy (non-hydrogen) atoms. The molecule has 3 aromatic rings. The van der Waals surface area contributed by atoms with E-state index in [9.17, 15) is 4.79 Å². The molecule has 0 radical (unpaired) electrons. The number of fused-ring (bicyclic) bond motifs is 1. The van der Waals surface area contributed by atoms with Crippen molar-refractivity contribution in [2.24, 2.45) is 0 Å². The van der Waals surface area contributed by atoms with Crippen LogP contribution in [-0.2, 0) is 11.2 Å². The van der Waals surface area contributed by atoms with Gasteiger partial charge in [0.05, 0.1) is 12.7 Å². The second-order valence-electron chi connectivity index (χ2n) is 6.70. The molecule has 1 heterocycles. The zero-order chi connectivity index (χ0) is 17.3. The molecule has 0 saturated heterocycles. The molecule has 0 aliphatic heterocycles. The van der Waals surface area contributed by atoms with Crippen molar-refractivity contribution in [3.8, 4) is 0 Å². The van der Waals surface area contributed by atoms with Crippen LogP contribution in [0.25, 0.3) is 11.0 Å². The van der Waals surface area contributed by atoms with Gasteiger partial charge in [-0.2, -0.15) is 0 Å². The van der Waals surface area contributed by atoms with Gasteiger partial charge in [0.25, 0.3) is 0 Å². The van der Waals surface area contributed by atoms with Crippen molar-refractivity contribution in [3.63, 3.8) is 0 Å². The van der Waals surface area contributed by atoms with Gasteiger partial charge in [-0.05, 0) is 60.7 Å². The molecule has 0 saturated carbocycles. The van der Waals surface area contributed by atoms with Crippen LogP contribution in [-0.4, -0.2) is 5.91 Å². The fourth-order valence-corrected chi connectivity index (χ4v) is 2.79. The Labute approximate surface area is 142 Å². The molecule has 124 valence electrons. The maximum absolute atomic E-state index is 12.4. The summed E-state index contributed by atoms with van der Waals surface area (Å²) in [5, 5.41) is 3.99. The molecule has 1 N–H and O–H groups in total. The largest absolute Gasteiger partial charge is 0.464 e. The molecular weight excluding hydrogens is 298 g/mol. The second-order valence-corrected chi connectivity index (χ2v) is 6.70. The minimum atomic E-state index is -0.0316. The first-order valence-corrected chi connectivity index (χ1v) is 8.31. The number of hydrogen-bond donors (Lipinski definition) is 1. The quantitative estimate of drug-likeness (QED) is 0.703. The highest BCUT2D eigenvalue weighted by Gasteiger charge is 2.12. The van der Waals surface area contributed by atoms with Crippen molar-refractivity contribution in [3.05, 3.63) is 64.9 Å². The van der Waals surface area contributed by atoms with Gasteiger partial charge in [-0.1, -0.05) is 26.0 Å². The van der Waals surface area contributed by atoms with Gasteiger partial charge >= 0.3 is 0 Å². The Bertz CT molecular complexity index is 890. The summed E-state index contributed by atoms with van der Waals surface area (Å²) in [6.45, 7) is 8.42. The van der Waals surface area contributed by atoms with Crippen LogP contribution in [0.5, 0.6) is 0 Å². The summed E-state index contributed by atoms with van der Waals surface area (Å²) in [6.07, 6.45) is 2.00. The lowest BCUT2D eigenvalue weighted by Gasteiger charge is -2.08. The number of nitrogens with one attached hydrogen (secondary N) is 1. The molecular formula is C21H23NO2. The van der Waals surface area contributed by atoms with Crippen LogP contribution in [0.2, 0.25) is 0 Å². The van der Waals surface area contributed by atoms with E-state index in [-0.39, 0.29) is 5.91 Å². The molecule has 2 aromatic carbocycles. The van der Waals surface area contributed by atoms with Gasteiger partial charge in [0.1, 0.15) is 5.58 Å². The van der Waals surface area contributed by atoms with Crippen molar-refractivity contribution >= 4 is 22.6 Å². The monoisotopic (exact) mass is 321 g/mol. The van der Waals surface area contributed by atoms with E-state index in [2.05, 4.69) is 38.2 Å². The number of anilines is 1. The molecule has 0 bridgehead atoms. The van der Waals surface area contributed by atoms with E-state index in [0.717, 1.165) is 22.2 Å². The lowest BCUT2D eigenvalue weighted by Crippen LogP contribution is -2.14. The van der Waals surface area contributed by atoms with Crippen molar-refractivity contribution in [1.82, 2.24) is 0 Å². The molecule has 0 unspecified atom stereocenters. The summed E-state index contributed by atoms with van der Waals surface area (Å²) >= 11 is 0. The fraction of sp³-hybridized carbons (Fsp3) is 0.286. The number of carbonyl (C=O) groups is 1. The van der Waals surface area contributed by atoms with Crippen molar-refractivity contribution < 1.29 is 9.21 Å². The SMILES string of the molecule is Cc1ccc(NC(=O)Cc2coc3ccc(C(C)C)cc23)cc1C. The Kier molecular flexibility index (Phi) is 4.43. The van der Waals surface area contributed by atoms with E-state index >= 15 is 0 Å². The minimum absolute atomic E-state index is 0.0316. The Balaban J connectivity index is 1.79. The summed E-state index contributed by atoms with van der Waals surface area (Å²) in [4.78, 5) is 12.4. The third-order valence-electron chi connectivity index (χ3n) is 4.49. The Morgan fingerprint density at radius 1 is 1.08 bits per heavy atom. The first-order valence-electron chi connectivity index (χ1n) is 8.31. The summed E-state index contributed by atoms with van der Waals surface area (Å²) in [5.41, 5.74) is 6.22. The van der Waals surface area contributed by atoms with Crippen molar-refractivity contribution in [1.29, 1.82) is 0 Å². The highest BCUT2D eigenvalue weighted by Crippen LogP contribution is 2.26. The summed E-state index contributed by atoms with van der Waals surface area (Å²) in [7, 11) is 0. The average Bonchev–Trinajstić information content (AvgIpc) is 2.93. The molecule has 0 aliphatic rings. The number of benzene rings is 2.